The number of ether oxygens (including phenoxy) is 1. The molecule has 2 aromatic rings. The number of aliphatic imine (C=N–C) groups is 1. The Labute approximate surface area is 167 Å². The van der Waals surface area contributed by atoms with Crippen LogP contribution in [0.25, 0.3) is 0 Å². The first kappa shape index (κ1) is 22.1. The monoisotopic (exact) mass is 408 g/mol. The lowest BCUT2D eigenvalue weighted by Crippen LogP contribution is -2.36. The molecule has 0 spiro atoms. The van der Waals surface area contributed by atoms with E-state index in [1.165, 1.54) is 0 Å². The first-order valence-electron chi connectivity index (χ1n) is 8.80. The van der Waals surface area contributed by atoms with Crippen LogP contribution in [0.5, 0.6) is 5.75 Å². The number of hydrogen-bond acceptors (Lipinski definition) is 3. The van der Waals surface area contributed by atoms with Crippen LogP contribution in [0.1, 0.15) is 27.0 Å². The molecule has 6 nitrogen and oxygen atoms in total. The number of primary amides is 1. The van der Waals surface area contributed by atoms with Crippen molar-refractivity contribution in [1.82, 2.24) is 10.6 Å². The number of benzene rings is 2. The lowest BCUT2D eigenvalue weighted by molar-refractivity contribution is -0.153. The number of nitrogens with two attached hydrogens (primary N) is 1. The predicted octanol–water partition coefficient (Wildman–Crippen LogP) is 2.90. The Morgan fingerprint density at radius 1 is 1.14 bits per heavy atom. The van der Waals surface area contributed by atoms with Gasteiger partial charge in [0.05, 0.1) is 0 Å². The number of carbonyl (C=O) groups is 1. The second-order valence-electron chi connectivity index (χ2n) is 6.36. The molecule has 0 bridgehead atoms. The van der Waals surface area contributed by atoms with Crippen LogP contribution in [0.15, 0.2) is 47.5 Å². The molecule has 0 fully saturated rings. The van der Waals surface area contributed by atoms with Crippen molar-refractivity contribution in [1.29, 1.82) is 0 Å². The van der Waals surface area contributed by atoms with Gasteiger partial charge in [0.15, 0.2) is 12.6 Å². The molecule has 0 heterocycles. The Hall–Kier alpha value is -3.23. The summed E-state index contributed by atoms with van der Waals surface area (Å²) in [7, 11) is 1.57. The number of carbonyl (C=O) groups excluding carboxylic acids is 1. The molecule has 9 heteroatoms. The first-order chi connectivity index (χ1) is 13.7. The summed E-state index contributed by atoms with van der Waals surface area (Å²) in [6.45, 7) is 1.02. The van der Waals surface area contributed by atoms with E-state index in [1.54, 1.807) is 50.4 Å². The highest BCUT2D eigenvalue weighted by atomic mass is 19.4. The zero-order valence-corrected chi connectivity index (χ0v) is 16.1. The van der Waals surface area contributed by atoms with Crippen molar-refractivity contribution < 1.29 is 22.7 Å². The van der Waals surface area contributed by atoms with Crippen molar-refractivity contribution in [3.8, 4) is 5.75 Å². The van der Waals surface area contributed by atoms with Crippen molar-refractivity contribution in [3.63, 3.8) is 0 Å². The Bertz CT molecular complexity index is 882. The van der Waals surface area contributed by atoms with Gasteiger partial charge < -0.3 is 21.1 Å². The average molecular weight is 408 g/mol. The van der Waals surface area contributed by atoms with Gasteiger partial charge in [0.25, 0.3) is 0 Å². The van der Waals surface area contributed by atoms with Crippen molar-refractivity contribution in [2.75, 3.05) is 13.7 Å². The summed E-state index contributed by atoms with van der Waals surface area (Å²) in [5.41, 5.74) is 7.87. The summed E-state index contributed by atoms with van der Waals surface area (Å²) in [5.74, 6) is 0.0939. The predicted molar refractivity (Wildman–Crippen MR) is 105 cm³/mol. The molecule has 2 aromatic carbocycles. The molecule has 0 saturated carbocycles. The molecule has 29 heavy (non-hydrogen) atoms. The quantitative estimate of drug-likeness (QED) is 0.486. The van der Waals surface area contributed by atoms with Gasteiger partial charge in [-0.25, -0.2) is 0 Å². The number of halogens is 3. The van der Waals surface area contributed by atoms with Crippen LogP contribution >= 0.6 is 0 Å². The summed E-state index contributed by atoms with van der Waals surface area (Å²) in [4.78, 5) is 15.4. The summed E-state index contributed by atoms with van der Waals surface area (Å²) in [6.07, 6.45) is -4.41. The summed E-state index contributed by atoms with van der Waals surface area (Å²) in [5, 5.41) is 6.11. The summed E-state index contributed by atoms with van der Waals surface area (Å²) >= 11 is 0. The Morgan fingerprint density at radius 3 is 2.52 bits per heavy atom. The molecule has 156 valence electrons. The molecular weight excluding hydrogens is 385 g/mol. The van der Waals surface area contributed by atoms with E-state index in [0.717, 1.165) is 11.1 Å². The fraction of sp³-hybridized carbons (Fsp3) is 0.300. The Kier molecular flexibility index (Phi) is 7.46. The zero-order valence-electron chi connectivity index (χ0n) is 16.1. The summed E-state index contributed by atoms with van der Waals surface area (Å²) in [6, 6.07) is 11.9. The van der Waals surface area contributed by atoms with Gasteiger partial charge in [0.1, 0.15) is 5.75 Å². The molecule has 0 aromatic heterocycles. The van der Waals surface area contributed by atoms with Crippen LogP contribution in [0.4, 0.5) is 13.2 Å². The van der Waals surface area contributed by atoms with Gasteiger partial charge in [-0.2, -0.15) is 13.2 Å². The number of aryl methyl sites for hydroxylation is 1. The number of nitrogens with zero attached hydrogens (tertiary/aromatic N) is 1. The summed E-state index contributed by atoms with van der Waals surface area (Å²) < 4.78 is 42.4. The molecule has 0 radical (unpaired) electrons. The van der Waals surface area contributed by atoms with Gasteiger partial charge in [0.2, 0.25) is 5.91 Å². The first-order valence-corrected chi connectivity index (χ1v) is 8.80. The largest absolute Gasteiger partial charge is 0.484 e. The van der Waals surface area contributed by atoms with E-state index in [2.05, 4.69) is 15.6 Å². The van der Waals surface area contributed by atoms with E-state index in [1.807, 2.05) is 6.07 Å². The highest BCUT2D eigenvalue weighted by Crippen LogP contribution is 2.23. The molecule has 0 aliphatic carbocycles. The zero-order chi connectivity index (χ0) is 21.4. The molecule has 0 unspecified atom stereocenters. The average Bonchev–Trinajstić information content (AvgIpc) is 2.67. The molecule has 0 aliphatic rings. The van der Waals surface area contributed by atoms with Crippen LogP contribution in [0, 0.1) is 6.92 Å². The molecule has 1 amide bonds. The standard InChI is InChI=1S/C20H23F3N4O2/c1-13-6-7-16(17(8-13)29-12-20(21,22)23)11-27-19(25-2)26-10-14-4-3-5-15(9-14)18(24)28/h3-9H,10-12H2,1-2H3,(H2,24,28)(H2,25,26,27). The normalized spacial score (nSPS) is 11.8. The smallest absolute Gasteiger partial charge is 0.422 e. The third kappa shape index (κ3) is 7.36. The molecule has 4 N–H and O–H groups in total. The molecule has 0 aliphatic heterocycles. The highest BCUT2D eigenvalue weighted by molar-refractivity contribution is 5.92. The van der Waals surface area contributed by atoms with E-state index < -0.39 is 18.7 Å². The van der Waals surface area contributed by atoms with Crippen LogP contribution in [0.3, 0.4) is 0 Å². The van der Waals surface area contributed by atoms with Crippen LogP contribution in [-0.2, 0) is 13.1 Å². The number of guanidine groups is 1. The van der Waals surface area contributed by atoms with Gasteiger partial charge in [-0.1, -0.05) is 24.3 Å². The second kappa shape index (κ2) is 9.81. The number of rotatable bonds is 7. The minimum Gasteiger partial charge on any atom is -0.484 e. The Morgan fingerprint density at radius 2 is 1.86 bits per heavy atom. The van der Waals surface area contributed by atoms with E-state index in [-0.39, 0.29) is 12.3 Å². The number of amides is 1. The van der Waals surface area contributed by atoms with E-state index in [0.29, 0.717) is 23.6 Å². The minimum absolute atomic E-state index is 0.166. The van der Waals surface area contributed by atoms with Crippen molar-refractivity contribution >= 4 is 11.9 Å². The van der Waals surface area contributed by atoms with Gasteiger partial charge >= 0.3 is 6.18 Å². The fourth-order valence-corrected chi connectivity index (χ4v) is 2.52. The van der Waals surface area contributed by atoms with Gasteiger partial charge in [-0.15, -0.1) is 0 Å². The minimum atomic E-state index is -4.41. The SMILES string of the molecule is CN=C(NCc1cccc(C(N)=O)c1)NCc1ccc(C)cc1OCC(F)(F)F. The third-order valence-corrected chi connectivity index (χ3v) is 3.96. The van der Waals surface area contributed by atoms with E-state index >= 15 is 0 Å². The number of alkyl halides is 3. The molecule has 2 rings (SSSR count). The topological polar surface area (TPSA) is 88.7 Å². The van der Waals surface area contributed by atoms with Gasteiger partial charge in [-0.05, 0) is 36.2 Å². The lowest BCUT2D eigenvalue weighted by atomic mass is 10.1. The van der Waals surface area contributed by atoms with Gasteiger partial charge in [-0.3, -0.25) is 9.79 Å². The number of nitrogens with one attached hydrogen (secondary N) is 2. The van der Waals surface area contributed by atoms with E-state index in [9.17, 15) is 18.0 Å². The third-order valence-electron chi connectivity index (χ3n) is 3.96. The van der Waals surface area contributed by atoms with Crippen molar-refractivity contribution in [3.05, 3.63) is 64.7 Å². The second-order valence-corrected chi connectivity index (χ2v) is 6.36. The van der Waals surface area contributed by atoms with Crippen molar-refractivity contribution in [2.24, 2.45) is 10.7 Å². The highest BCUT2D eigenvalue weighted by Gasteiger charge is 2.28. The maximum absolute atomic E-state index is 12.5. The maximum Gasteiger partial charge on any atom is 0.422 e. The fourth-order valence-electron chi connectivity index (χ4n) is 2.52. The van der Waals surface area contributed by atoms with Crippen LogP contribution in [-0.4, -0.2) is 31.7 Å². The molecule has 0 atom stereocenters. The maximum atomic E-state index is 12.5. The Balaban J connectivity index is 1.98. The van der Waals surface area contributed by atoms with Crippen LogP contribution in [0.2, 0.25) is 0 Å². The number of hydrogen-bond donors (Lipinski definition) is 3. The van der Waals surface area contributed by atoms with Crippen molar-refractivity contribution in [2.45, 2.75) is 26.2 Å². The lowest BCUT2D eigenvalue weighted by Gasteiger charge is -2.16. The molecule has 0 saturated heterocycles. The molecular formula is C20H23F3N4O2. The van der Waals surface area contributed by atoms with E-state index in [4.69, 9.17) is 10.5 Å². The van der Waals surface area contributed by atoms with Gasteiger partial charge in [0, 0.05) is 31.3 Å². The van der Waals surface area contributed by atoms with Crippen LogP contribution < -0.4 is 21.1 Å².